The Bertz CT molecular complexity index is 625. The van der Waals surface area contributed by atoms with Crippen LogP contribution in [0.3, 0.4) is 0 Å². The van der Waals surface area contributed by atoms with Crippen LogP contribution in [0.4, 0.5) is 5.00 Å². The highest BCUT2D eigenvalue weighted by atomic mass is 32.1. The highest BCUT2D eigenvalue weighted by Crippen LogP contribution is 2.48. The average Bonchev–Trinajstić information content (AvgIpc) is 2.96. The third-order valence-corrected chi connectivity index (χ3v) is 4.66. The fraction of sp³-hybridized carbons (Fsp3) is 0.417. The SMILES string of the molecule is CC1(c2ncno2)CCCc2sc(N)c(C#N)c21. The highest BCUT2D eigenvalue weighted by molar-refractivity contribution is 7.16. The molecule has 0 saturated carbocycles. The van der Waals surface area contributed by atoms with Crippen LogP contribution < -0.4 is 5.73 Å². The summed E-state index contributed by atoms with van der Waals surface area (Å²) in [6, 6.07) is 2.22. The van der Waals surface area contributed by atoms with Crippen LogP contribution in [0.2, 0.25) is 0 Å². The molecule has 0 aromatic carbocycles. The minimum Gasteiger partial charge on any atom is -0.389 e. The number of nitriles is 1. The van der Waals surface area contributed by atoms with E-state index in [0.717, 1.165) is 24.8 Å². The maximum absolute atomic E-state index is 9.30. The van der Waals surface area contributed by atoms with E-state index >= 15 is 0 Å². The van der Waals surface area contributed by atoms with E-state index in [2.05, 4.69) is 16.2 Å². The smallest absolute Gasteiger partial charge is 0.236 e. The summed E-state index contributed by atoms with van der Waals surface area (Å²) in [5, 5.41) is 13.6. The predicted octanol–water partition coefficient (Wildman–Crippen LogP) is 2.23. The van der Waals surface area contributed by atoms with Gasteiger partial charge in [-0.25, -0.2) is 0 Å². The summed E-state index contributed by atoms with van der Waals surface area (Å²) in [6.45, 7) is 2.05. The van der Waals surface area contributed by atoms with Crippen LogP contribution in [0.1, 0.15) is 41.7 Å². The lowest BCUT2D eigenvalue weighted by Crippen LogP contribution is -2.29. The molecular formula is C12H12N4OS. The number of rotatable bonds is 1. The minimum atomic E-state index is -0.386. The first-order chi connectivity index (χ1) is 8.66. The van der Waals surface area contributed by atoms with E-state index in [1.807, 2.05) is 6.92 Å². The van der Waals surface area contributed by atoms with Gasteiger partial charge in [0.05, 0.1) is 11.0 Å². The van der Waals surface area contributed by atoms with Crippen LogP contribution in [0.5, 0.6) is 0 Å². The Hall–Kier alpha value is -1.87. The summed E-state index contributed by atoms with van der Waals surface area (Å²) in [7, 11) is 0. The molecule has 1 aliphatic rings. The molecule has 2 aromatic heterocycles. The van der Waals surface area contributed by atoms with E-state index in [1.54, 1.807) is 0 Å². The molecular weight excluding hydrogens is 248 g/mol. The molecule has 0 fully saturated rings. The normalized spacial score (nSPS) is 22.4. The molecule has 92 valence electrons. The van der Waals surface area contributed by atoms with Crippen LogP contribution in [-0.4, -0.2) is 10.1 Å². The lowest BCUT2D eigenvalue weighted by atomic mass is 9.72. The van der Waals surface area contributed by atoms with Crippen LogP contribution in [0.25, 0.3) is 0 Å². The van der Waals surface area contributed by atoms with Gasteiger partial charge in [0.15, 0.2) is 6.33 Å². The van der Waals surface area contributed by atoms with Gasteiger partial charge in [0, 0.05) is 10.4 Å². The summed E-state index contributed by atoms with van der Waals surface area (Å²) in [4.78, 5) is 5.35. The molecule has 0 radical (unpaired) electrons. The predicted molar refractivity (Wildman–Crippen MR) is 67.1 cm³/mol. The van der Waals surface area contributed by atoms with Gasteiger partial charge in [0.1, 0.15) is 11.1 Å². The van der Waals surface area contributed by atoms with Crippen molar-refractivity contribution in [2.75, 3.05) is 5.73 Å². The van der Waals surface area contributed by atoms with Gasteiger partial charge in [-0.15, -0.1) is 11.3 Å². The van der Waals surface area contributed by atoms with Gasteiger partial charge in [0.25, 0.3) is 0 Å². The van der Waals surface area contributed by atoms with Crippen molar-refractivity contribution in [3.05, 3.63) is 28.2 Å². The van der Waals surface area contributed by atoms with Crippen molar-refractivity contribution < 1.29 is 4.52 Å². The van der Waals surface area contributed by atoms with Gasteiger partial charge in [-0.2, -0.15) is 10.2 Å². The molecule has 0 bridgehead atoms. The van der Waals surface area contributed by atoms with Gasteiger partial charge in [-0.3, -0.25) is 0 Å². The standard InChI is InChI=1S/C12H12N4OS/c1-12(11-15-6-16-17-11)4-2-3-8-9(12)7(5-13)10(14)18-8/h6H,2-4,14H2,1H3. The summed E-state index contributed by atoms with van der Waals surface area (Å²) < 4.78 is 5.23. The third-order valence-electron chi connectivity index (χ3n) is 3.59. The molecule has 2 heterocycles. The number of anilines is 1. The maximum atomic E-state index is 9.30. The van der Waals surface area contributed by atoms with Crippen molar-refractivity contribution >= 4 is 16.3 Å². The first kappa shape index (κ1) is 11.2. The van der Waals surface area contributed by atoms with Gasteiger partial charge >= 0.3 is 0 Å². The number of aryl methyl sites for hydroxylation is 1. The van der Waals surface area contributed by atoms with Gasteiger partial charge in [0.2, 0.25) is 5.89 Å². The molecule has 1 aliphatic carbocycles. The van der Waals surface area contributed by atoms with Crippen LogP contribution in [-0.2, 0) is 11.8 Å². The quantitative estimate of drug-likeness (QED) is 0.849. The molecule has 2 aromatic rings. The molecule has 0 spiro atoms. The van der Waals surface area contributed by atoms with Crippen molar-refractivity contribution in [1.29, 1.82) is 5.26 Å². The third kappa shape index (κ3) is 1.37. The Kier molecular flexibility index (Phi) is 2.38. The molecule has 2 N–H and O–H groups in total. The lowest BCUT2D eigenvalue weighted by molar-refractivity contribution is 0.300. The summed E-state index contributed by atoms with van der Waals surface area (Å²) in [6.07, 6.45) is 4.30. The Morgan fingerprint density at radius 1 is 1.61 bits per heavy atom. The summed E-state index contributed by atoms with van der Waals surface area (Å²) in [5.74, 6) is 0.567. The van der Waals surface area contributed by atoms with Crippen LogP contribution in [0.15, 0.2) is 10.9 Å². The van der Waals surface area contributed by atoms with Crippen LogP contribution >= 0.6 is 11.3 Å². The number of fused-ring (bicyclic) bond motifs is 1. The minimum absolute atomic E-state index is 0.386. The molecule has 3 rings (SSSR count). The van der Waals surface area contributed by atoms with E-state index in [-0.39, 0.29) is 5.41 Å². The maximum Gasteiger partial charge on any atom is 0.236 e. The zero-order valence-electron chi connectivity index (χ0n) is 9.93. The topological polar surface area (TPSA) is 88.7 Å². The first-order valence-corrected chi connectivity index (χ1v) is 6.57. The molecule has 5 nitrogen and oxygen atoms in total. The van der Waals surface area contributed by atoms with Gasteiger partial charge in [-0.05, 0) is 26.2 Å². The zero-order chi connectivity index (χ0) is 12.8. The molecule has 6 heteroatoms. The number of nitrogens with zero attached hydrogens (tertiary/aromatic N) is 3. The fourth-order valence-corrected chi connectivity index (χ4v) is 3.92. The molecule has 1 unspecified atom stereocenters. The number of nitrogen functional groups attached to an aromatic ring is 1. The Balaban J connectivity index is 2.26. The second kappa shape index (κ2) is 3.82. The van der Waals surface area contributed by atoms with Crippen LogP contribution in [0, 0.1) is 11.3 Å². The largest absolute Gasteiger partial charge is 0.389 e. The summed E-state index contributed by atoms with van der Waals surface area (Å²) in [5.41, 5.74) is 7.12. The Morgan fingerprint density at radius 3 is 3.11 bits per heavy atom. The van der Waals surface area contributed by atoms with E-state index in [0.29, 0.717) is 16.5 Å². The zero-order valence-corrected chi connectivity index (χ0v) is 10.8. The van der Waals surface area contributed by atoms with E-state index in [1.165, 1.54) is 22.5 Å². The number of aromatic nitrogens is 2. The number of hydrogen-bond donors (Lipinski definition) is 1. The first-order valence-electron chi connectivity index (χ1n) is 5.75. The van der Waals surface area contributed by atoms with E-state index in [9.17, 15) is 5.26 Å². The fourth-order valence-electron chi connectivity index (χ4n) is 2.73. The number of thiophene rings is 1. The van der Waals surface area contributed by atoms with Crippen molar-refractivity contribution in [1.82, 2.24) is 10.1 Å². The van der Waals surface area contributed by atoms with Crippen molar-refractivity contribution in [2.45, 2.75) is 31.6 Å². The van der Waals surface area contributed by atoms with Crippen molar-refractivity contribution in [2.24, 2.45) is 0 Å². The second-order valence-electron chi connectivity index (χ2n) is 4.68. The van der Waals surface area contributed by atoms with E-state index < -0.39 is 0 Å². The van der Waals surface area contributed by atoms with Crippen molar-refractivity contribution in [3.63, 3.8) is 0 Å². The Labute approximate surface area is 108 Å². The molecule has 0 saturated heterocycles. The summed E-state index contributed by atoms with van der Waals surface area (Å²) >= 11 is 1.51. The van der Waals surface area contributed by atoms with Gasteiger partial charge in [-0.1, -0.05) is 5.16 Å². The molecule has 0 aliphatic heterocycles. The number of nitrogens with two attached hydrogens (primary N) is 1. The average molecular weight is 260 g/mol. The molecule has 0 amide bonds. The number of hydrogen-bond acceptors (Lipinski definition) is 6. The monoisotopic (exact) mass is 260 g/mol. The van der Waals surface area contributed by atoms with Crippen molar-refractivity contribution in [3.8, 4) is 6.07 Å². The highest BCUT2D eigenvalue weighted by Gasteiger charge is 2.42. The molecule has 1 atom stereocenters. The molecule has 18 heavy (non-hydrogen) atoms. The Morgan fingerprint density at radius 2 is 2.44 bits per heavy atom. The van der Waals surface area contributed by atoms with Gasteiger partial charge < -0.3 is 10.3 Å². The lowest BCUT2D eigenvalue weighted by Gasteiger charge is -2.30. The van der Waals surface area contributed by atoms with E-state index in [4.69, 9.17) is 10.3 Å². The second-order valence-corrected chi connectivity index (χ2v) is 5.82.